The fourth-order valence-electron chi connectivity index (χ4n) is 2.97. The number of nitrogens with zero attached hydrogens (tertiary/aromatic N) is 2. The molecule has 1 aromatic rings. The summed E-state index contributed by atoms with van der Waals surface area (Å²) in [4.78, 5) is 35.8. The lowest BCUT2D eigenvalue weighted by Crippen LogP contribution is -2.42. The fourth-order valence-corrected chi connectivity index (χ4v) is 4.46. The molecular weight excluding hydrogens is 364 g/mol. The van der Waals surface area contributed by atoms with Crippen LogP contribution in [0.5, 0.6) is 0 Å². The van der Waals surface area contributed by atoms with Crippen molar-refractivity contribution in [2.24, 2.45) is 0 Å². The molecular formula is C15H18N4O6S. The number of urea groups is 1. The number of carbonyl (C=O) groups excluding carboxylic acids is 3. The Kier molecular flexibility index (Phi) is 4.83. The van der Waals surface area contributed by atoms with Crippen molar-refractivity contribution in [1.82, 2.24) is 14.5 Å². The number of benzene rings is 1. The van der Waals surface area contributed by atoms with Gasteiger partial charge in [-0.05, 0) is 30.7 Å². The number of anilines is 1. The molecule has 4 amide bonds. The van der Waals surface area contributed by atoms with Gasteiger partial charge in [0.1, 0.15) is 0 Å². The second kappa shape index (κ2) is 6.92. The maximum atomic E-state index is 12.8. The summed E-state index contributed by atoms with van der Waals surface area (Å²) in [6.07, 6.45) is -0.267. The zero-order chi connectivity index (χ0) is 18.9. The molecule has 0 saturated carbocycles. The first-order valence-corrected chi connectivity index (χ1v) is 9.32. The molecule has 0 radical (unpaired) electrons. The molecule has 2 aliphatic rings. The Labute approximate surface area is 150 Å². The van der Waals surface area contributed by atoms with Crippen LogP contribution in [0, 0.1) is 0 Å². The summed E-state index contributed by atoms with van der Waals surface area (Å²) in [5.41, 5.74) is 0.398. The van der Waals surface area contributed by atoms with Gasteiger partial charge in [-0.15, -0.1) is 0 Å². The zero-order valence-electron chi connectivity index (χ0n) is 14.0. The lowest BCUT2D eigenvalue weighted by molar-refractivity contribution is -0.126. The van der Waals surface area contributed by atoms with Crippen molar-refractivity contribution >= 4 is 33.7 Å². The van der Waals surface area contributed by atoms with Crippen molar-refractivity contribution in [2.45, 2.75) is 17.4 Å². The van der Waals surface area contributed by atoms with Crippen LogP contribution in [0.25, 0.3) is 0 Å². The van der Waals surface area contributed by atoms with Gasteiger partial charge in [-0.25, -0.2) is 18.0 Å². The molecule has 11 heteroatoms. The summed E-state index contributed by atoms with van der Waals surface area (Å²) in [6, 6.07) is 4.70. The van der Waals surface area contributed by atoms with E-state index in [1.165, 1.54) is 35.7 Å². The minimum atomic E-state index is -3.77. The third-order valence-electron chi connectivity index (χ3n) is 4.29. The van der Waals surface area contributed by atoms with Gasteiger partial charge < -0.3 is 10.1 Å². The summed E-state index contributed by atoms with van der Waals surface area (Å²) >= 11 is 0. The topological polar surface area (TPSA) is 125 Å². The summed E-state index contributed by atoms with van der Waals surface area (Å²) < 4.78 is 31.2. The smallest absolute Gasteiger partial charge is 0.411 e. The number of ether oxygens (including phenoxy) is 1. The number of nitrogens with one attached hydrogen (secondary N) is 2. The first-order valence-electron chi connectivity index (χ1n) is 7.88. The zero-order valence-corrected chi connectivity index (χ0v) is 14.8. The number of rotatable bonds is 4. The highest BCUT2D eigenvalue weighted by atomic mass is 32.2. The van der Waals surface area contributed by atoms with Crippen molar-refractivity contribution in [2.75, 3.05) is 32.1 Å². The van der Waals surface area contributed by atoms with Gasteiger partial charge in [0.2, 0.25) is 15.9 Å². The average Bonchev–Trinajstić information content (AvgIpc) is 3.22. The fraction of sp³-hybridized carbons (Fsp3) is 0.400. The lowest BCUT2D eigenvalue weighted by atomic mass is 10.2. The normalized spacial score (nSPS) is 21.0. The molecule has 10 nitrogen and oxygen atoms in total. The van der Waals surface area contributed by atoms with E-state index in [0.29, 0.717) is 12.1 Å². The van der Waals surface area contributed by atoms with E-state index in [9.17, 15) is 22.8 Å². The number of sulfonamides is 1. The average molecular weight is 382 g/mol. The van der Waals surface area contributed by atoms with Crippen LogP contribution in [0.4, 0.5) is 15.3 Å². The van der Waals surface area contributed by atoms with Crippen LogP contribution >= 0.6 is 0 Å². The van der Waals surface area contributed by atoms with Crippen LogP contribution in [0.15, 0.2) is 29.2 Å². The number of carbonyl (C=O) groups is 3. The van der Waals surface area contributed by atoms with Gasteiger partial charge in [-0.2, -0.15) is 4.31 Å². The van der Waals surface area contributed by atoms with Crippen LogP contribution in [0.3, 0.4) is 0 Å². The highest BCUT2D eigenvalue weighted by molar-refractivity contribution is 7.89. The van der Waals surface area contributed by atoms with E-state index in [2.05, 4.69) is 15.4 Å². The monoisotopic (exact) mass is 382 g/mol. The number of hydrogen-bond donors (Lipinski definition) is 2. The van der Waals surface area contributed by atoms with Crippen LogP contribution in [-0.2, 0) is 19.6 Å². The predicted octanol–water partition coefficient (Wildman–Crippen LogP) is 0.180. The Morgan fingerprint density at radius 3 is 2.54 bits per heavy atom. The van der Waals surface area contributed by atoms with Gasteiger partial charge in [0.15, 0.2) is 0 Å². The molecule has 2 aliphatic heterocycles. The third-order valence-corrected chi connectivity index (χ3v) is 6.17. The molecule has 0 spiro atoms. The van der Waals surface area contributed by atoms with Crippen molar-refractivity contribution < 1.29 is 27.5 Å². The van der Waals surface area contributed by atoms with Gasteiger partial charge in [0.05, 0.1) is 24.6 Å². The molecule has 1 unspecified atom stereocenters. The molecule has 2 N–H and O–H groups in total. The van der Waals surface area contributed by atoms with Gasteiger partial charge in [-0.1, -0.05) is 0 Å². The van der Waals surface area contributed by atoms with E-state index < -0.39 is 28.2 Å². The Bertz CT molecular complexity index is 822. The summed E-state index contributed by atoms with van der Waals surface area (Å²) in [6.45, 7) is 0.215. The van der Waals surface area contributed by atoms with E-state index in [4.69, 9.17) is 0 Å². The Morgan fingerprint density at radius 1 is 1.27 bits per heavy atom. The Hall–Kier alpha value is -2.66. The Morgan fingerprint density at radius 2 is 1.96 bits per heavy atom. The van der Waals surface area contributed by atoms with Crippen LogP contribution in [0.1, 0.15) is 6.42 Å². The molecule has 2 saturated heterocycles. The quantitative estimate of drug-likeness (QED) is 0.716. The summed E-state index contributed by atoms with van der Waals surface area (Å²) in [5, 5.41) is 4.87. The van der Waals surface area contributed by atoms with Crippen LogP contribution in [-0.4, -0.2) is 68.4 Å². The largest absolute Gasteiger partial charge is 0.453 e. The second-order valence-corrected chi connectivity index (χ2v) is 7.81. The van der Waals surface area contributed by atoms with Crippen LogP contribution < -0.4 is 10.6 Å². The predicted molar refractivity (Wildman–Crippen MR) is 89.9 cm³/mol. The number of amides is 4. The van der Waals surface area contributed by atoms with Gasteiger partial charge in [0.25, 0.3) is 0 Å². The number of hydrogen-bond acceptors (Lipinski definition) is 6. The SMILES string of the molecule is COC(=O)Nc1ccc(S(=O)(=O)N2CCC(N3C(=O)CNC3=O)C2)cc1. The molecule has 3 rings (SSSR count). The van der Waals surface area contributed by atoms with Gasteiger partial charge in [-0.3, -0.25) is 15.0 Å². The molecule has 1 atom stereocenters. The third kappa shape index (κ3) is 3.35. The summed E-state index contributed by atoms with van der Waals surface area (Å²) in [7, 11) is -2.54. The standard InChI is InChI=1S/C15H18N4O6S/c1-25-15(22)17-10-2-4-12(5-3-10)26(23,24)18-7-6-11(9-18)19-13(20)8-16-14(19)21/h2-5,11H,6-9H2,1H3,(H,16,21)(H,17,22). The first kappa shape index (κ1) is 18.1. The molecule has 0 bridgehead atoms. The second-order valence-electron chi connectivity index (χ2n) is 5.87. The minimum absolute atomic E-state index is 0.0588. The van der Waals surface area contributed by atoms with E-state index in [-0.39, 0.29) is 30.4 Å². The molecule has 1 aromatic carbocycles. The Balaban J connectivity index is 1.71. The molecule has 0 aliphatic carbocycles. The minimum Gasteiger partial charge on any atom is -0.453 e. The summed E-state index contributed by atoms with van der Waals surface area (Å²) in [5.74, 6) is -0.350. The van der Waals surface area contributed by atoms with Gasteiger partial charge in [0, 0.05) is 18.8 Å². The highest BCUT2D eigenvalue weighted by Gasteiger charge is 2.41. The van der Waals surface area contributed by atoms with Crippen LogP contribution in [0.2, 0.25) is 0 Å². The van der Waals surface area contributed by atoms with Crippen molar-refractivity contribution in [3.05, 3.63) is 24.3 Å². The number of imide groups is 1. The first-order chi connectivity index (χ1) is 12.3. The van der Waals surface area contributed by atoms with E-state index in [0.717, 1.165) is 4.90 Å². The maximum Gasteiger partial charge on any atom is 0.411 e. The maximum absolute atomic E-state index is 12.8. The molecule has 140 valence electrons. The van der Waals surface area contributed by atoms with Crippen molar-refractivity contribution in [3.63, 3.8) is 0 Å². The molecule has 2 heterocycles. The van der Waals surface area contributed by atoms with Gasteiger partial charge >= 0.3 is 12.1 Å². The molecule has 0 aromatic heterocycles. The lowest BCUT2D eigenvalue weighted by Gasteiger charge is -2.21. The van der Waals surface area contributed by atoms with E-state index in [1.54, 1.807) is 0 Å². The van der Waals surface area contributed by atoms with Crippen molar-refractivity contribution in [3.8, 4) is 0 Å². The van der Waals surface area contributed by atoms with E-state index in [1.807, 2.05) is 0 Å². The van der Waals surface area contributed by atoms with E-state index >= 15 is 0 Å². The molecule has 26 heavy (non-hydrogen) atoms. The number of methoxy groups -OCH3 is 1. The molecule has 2 fully saturated rings. The highest BCUT2D eigenvalue weighted by Crippen LogP contribution is 2.25. The van der Waals surface area contributed by atoms with Crippen molar-refractivity contribution in [1.29, 1.82) is 0 Å².